The number of ether oxygens (including phenoxy) is 4. The molecule has 1 aromatic carbocycles. The predicted molar refractivity (Wildman–Crippen MR) is 85.9 cm³/mol. The van der Waals surface area contributed by atoms with Crippen molar-refractivity contribution in [3.63, 3.8) is 0 Å². The van der Waals surface area contributed by atoms with Gasteiger partial charge in [-0.1, -0.05) is 17.7 Å². The quantitative estimate of drug-likeness (QED) is 0.720. The van der Waals surface area contributed by atoms with Crippen molar-refractivity contribution in [1.29, 1.82) is 0 Å². The summed E-state index contributed by atoms with van der Waals surface area (Å²) < 4.78 is 22.8. The molecule has 0 spiro atoms. The molecular weight excluding hydrogens is 280 g/mol. The van der Waals surface area contributed by atoms with Crippen LogP contribution in [0.25, 0.3) is 0 Å². The highest BCUT2D eigenvalue weighted by Gasteiger charge is 2.37. The number of benzene rings is 1. The van der Waals surface area contributed by atoms with Crippen LogP contribution in [0.2, 0.25) is 0 Å². The van der Waals surface area contributed by atoms with E-state index in [0.717, 1.165) is 23.3 Å². The zero-order valence-corrected chi connectivity index (χ0v) is 13.9. The van der Waals surface area contributed by atoms with Gasteiger partial charge in [-0.15, -0.1) is 6.58 Å². The van der Waals surface area contributed by atoms with Crippen LogP contribution in [-0.4, -0.2) is 31.7 Å². The maximum Gasteiger partial charge on any atom is 0.163 e. The molecule has 122 valence electrons. The van der Waals surface area contributed by atoms with Gasteiger partial charge in [0.05, 0.1) is 26.4 Å². The molecule has 0 aromatic heterocycles. The van der Waals surface area contributed by atoms with Crippen molar-refractivity contribution in [3.8, 4) is 5.75 Å². The van der Waals surface area contributed by atoms with Crippen molar-refractivity contribution in [1.82, 2.24) is 0 Å². The van der Waals surface area contributed by atoms with Crippen LogP contribution in [0, 0.1) is 0 Å². The molecule has 2 atom stereocenters. The van der Waals surface area contributed by atoms with E-state index in [1.807, 2.05) is 45.0 Å². The smallest absolute Gasteiger partial charge is 0.163 e. The zero-order valence-electron chi connectivity index (χ0n) is 13.9. The topological polar surface area (TPSA) is 36.9 Å². The monoisotopic (exact) mass is 306 g/mol. The van der Waals surface area contributed by atoms with Gasteiger partial charge in [0.2, 0.25) is 0 Å². The molecule has 1 fully saturated rings. The fourth-order valence-electron chi connectivity index (χ4n) is 2.46. The summed E-state index contributed by atoms with van der Waals surface area (Å²) in [6.07, 6.45) is 0.645. The van der Waals surface area contributed by atoms with Gasteiger partial charge >= 0.3 is 0 Å². The average Bonchev–Trinajstić information content (AvgIpc) is 2.84. The van der Waals surface area contributed by atoms with Crippen molar-refractivity contribution in [2.24, 2.45) is 0 Å². The number of hydrogen-bond donors (Lipinski definition) is 0. The normalized spacial score (nSPS) is 21.5. The van der Waals surface area contributed by atoms with Crippen LogP contribution in [0.3, 0.4) is 0 Å². The summed E-state index contributed by atoms with van der Waals surface area (Å²) >= 11 is 0. The largest absolute Gasteiger partial charge is 0.497 e. The summed E-state index contributed by atoms with van der Waals surface area (Å²) in [5.41, 5.74) is 2.18. The molecule has 1 aliphatic rings. The van der Waals surface area contributed by atoms with Crippen LogP contribution in [0.1, 0.15) is 32.8 Å². The maximum absolute atomic E-state index is 6.08. The van der Waals surface area contributed by atoms with Crippen molar-refractivity contribution < 1.29 is 18.9 Å². The van der Waals surface area contributed by atoms with Crippen LogP contribution in [0.15, 0.2) is 36.4 Å². The molecule has 1 aromatic rings. The van der Waals surface area contributed by atoms with E-state index < -0.39 is 5.79 Å². The van der Waals surface area contributed by atoms with Gasteiger partial charge in [0.25, 0.3) is 0 Å². The molecule has 1 saturated heterocycles. The third-order valence-electron chi connectivity index (χ3n) is 3.62. The Labute approximate surface area is 133 Å². The van der Waals surface area contributed by atoms with Gasteiger partial charge in [0.15, 0.2) is 5.79 Å². The standard InChI is InChI=1S/C18H26O4/c1-13(2)10-16(17-12-21-18(3,4)22-17)20-11-14-6-8-15(19-5)9-7-14/h6-9,16-17H,1,10-12H2,2-5H3/t16?,17-/m1/s1. The molecule has 0 saturated carbocycles. The van der Waals surface area contributed by atoms with Gasteiger partial charge in [-0.25, -0.2) is 0 Å². The fourth-order valence-corrected chi connectivity index (χ4v) is 2.46. The van der Waals surface area contributed by atoms with Crippen LogP contribution in [-0.2, 0) is 20.8 Å². The number of hydrogen-bond acceptors (Lipinski definition) is 4. The van der Waals surface area contributed by atoms with E-state index in [1.165, 1.54) is 0 Å². The highest BCUT2D eigenvalue weighted by Crippen LogP contribution is 2.28. The van der Waals surface area contributed by atoms with Gasteiger partial charge in [-0.3, -0.25) is 0 Å². The van der Waals surface area contributed by atoms with Gasteiger partial charge in [0, 0.05) is 0 Å². The summed E-state index contributed by atoms with van der Waals surface area (Å²) in [4.78, 5) is 0. The van der Waals surface area contributed by atoms with Gasteiger partial charge < -0.3 is 18.9 Å². The molecule has 1 unspecified atom stereocenters. The third kappa shape index (κ3) is 4.83. The molecule has 1 heterocycles. The highest BCUT2D eigenvalue weighted by atomic mass is 16.7. The summed E-state index contributed by atoms with van der Waals surface area (Å²) in [5, 5.41) is 0. The molecule has 1 aliphatic heterocycles. The summed E-state index contributed by atoms with van der Waals surface area (Å²) in [5.74, 6) is 0.304. The molecule has 4 nitrogen and oxygen atoms in total. The fraction of sp³-hybridized carbons (Fsp3) is 0.556. The Kier molecular flexibility index (Phi) is 5.62. The third-order valence-corrected chi connectivity index (χ3v) is 3.62. The van der Waals surface area contributed by atoms with Crippen molar-refractivity contribution >= 4 is 0 Å². The average molecular weight is 306 g/mol. The number of rotatable bonds is 7. The molecular formula is C18H26O4. The van der Waals surface area contributed by atoms with E-state index in [1.54, 1.807) is 7.11 Å². The Morgan fingerprint density at radius 3 is 2.55 bits per heavy atom. The van der Waals surface area contributed by atoms with E-state index in [0.29, 0.717) is 13.2 Å². The maximum atomic E-state index is 6.08. The summed E-state index contributed by atoms with van der Waals surface area (Å²) in [7, 11) is 1.66. The summed E-state index contributed by atoms with van der Waals surface area (Å²) in [6, 6.07) is 7.88. The first-order valence-electron chi connectivity index (χ1n) is 7.60. The van der Waals surface area contributed by atoms with Crippen molar-refractivity contribution in [2.45, 2.75) is 51.8 Å². The Bertz CT molecular complexity index is 492. The molecule has 4 heteroatoms. The van der Waals surface area contributed by atoms with E-state index in [4.69, 9.17) is 18.9 Å². The lowest BCUT2D eigenvalue weighted by atomic mass is 10.1. The van der Waals surface area contributed by atoms with Crippen molar-refractivity contribution in [3.05, 3.63) is 42.0 Å². The lowest BCUT2D eigenvalue weighted by molar-refractivity contribution is -0.157. The molecule has 0 amide bonds. The Balaban J connectivity index is 1.95. The van der Waals surface area contributed by atoms with Gasteiger partial charge in [-0.05, 0) is 44.9 Å². The molecule has 0 bridgehead atoms. The van der Waals surface area contributed by atoms with Crippen LogP contribution >= 0.6 is 0 Å². The zero-order chi connectivity index (χ0) is 16.2. The first-order chi connectivity index (χ1) is 10.4. The van der Waals surface area contributed by atoms with Crippen molar-refractivity contribution in [2.75, 3.05) is 13.7 Å². The molecule has 22 heavy (non-hydrogen) atoms. The Hall–Kier alpha value is -1.36. The predicted octanol–water partition coefficient (Wildman–Crippen LogP) is 3.70. The second-order valence-corrected chi connectivity index (χ2v) is 6.23. The van der Waals surface area contributed by atoms with Crippen LogP contribution in [0.4, 0.5) is 0 Å². The Morgan fingerprint density at radius 2 is 2.05 bits per heavy atom. The molecule has 0 aliphatic carbocycles. The molecule has 0 N–H and O–H groups in total. The van der Waals surface area contributed by atoms with Crippen LogP contribution < -0.4 is 4.74 Å². The van der Waals surface area contributed by atoms with Crippen LogP contribution in [0.5, 0.6) is 5.75 Å². The first kappa shape index (κ1) is 17.0. The number of methoxy groups -OCH3 is 1. The van der Waals surface area contributed by atoms with E-state index >= 15 is 0 Å². The van der Waals surface area contributed by atoms with E-state index in [2.05, 4.69) is 6.58 Å². The Morgan fingerprint density at radius 1 is 1.36 bits per heavy atom. The molecule has 0 radical (unpaired) electrons. The van der Waals surface area contributed by atoms with E-state index in [-0.39, 0.29) is 12.2 Å². The minimum Gasteiger partial charge on any atom is -0.497 e. The highest BCUT2D eigenvalue weighted by molar-refractivity contribution is 5.26. The van der Waals surface area contributed by atoms with E-state index in [9.17, 15) is 0 Å². The lowest BCUT2D eigenvalue weighted by Gasteiger charge is -2.25. The minimum atomic E-state index is -0.540. The van der Waals surface area contributed by atoms with Gasteiger partial charge in [-0.2, -0.15) is 0 Å². The first-order valence-corrected chi connectivity index (χ1v) is 7.60. The SMILES string of the molecule is C=C(C)CC(OCc1ccc(OC)cc1)[C@H]1COC(C)(C)O1. The van der Waals surface area contributed by atoms with Gasteiger partial charge in [0.1, 0.15) is 11.9 Å². The lowest BCUT2D eigenvalue weighted by Crippen LogP contribution is -2.33. The molecule has 2 rings (SSSR count). The minimum absolute atomic E-state index is 0.0543. The second kappa shape index (κ2) is 7.27. The summed E-state index contributed by atoms with van der Waals surface area (Å²) in [6.45, 7) is 10.9. The second-order valence-electron chi connectivity index (χ2n) is 6.23.